The molecule has 80 valence electrons. The van der Waals surface area contributed by atoms with Gasteiger partial charge in [-0.25, -0.2) is 0 Å². The molecule has 0 aliphatic carbocycles. The Morgan fingerprint density at radius 1 is 1.40 bits per heavy atom. The van der Waals surface area contributed by atoms with Gasteiger partial charge in [-0.3, -0.25) is 0 Å². The summed E-state index contributed by atoms with van der Waals surface area (Å²) in [7, 11) is 0. The fraction of sp³-hybridized carbons (Fsp3) is 0.429. The molecule has 0 bridgehead atoms. The summed E-state index contributed by atoms with van der Waals surface area (Å²) in [5, 5.41) is 0. The van der Waals surface area contributed by atoms with Gasteiger partial charge in [0.15, 0.2) is 0 Å². The molecule has 0 heterocycles. The number of hydrogen-bond donors (Lipinski definition) is 0. The van der Waals surface area contributed by atoms with Crippen LogP contribution in [0.5, 0.6) is 0 Å². The second kappa shape index (κ2) is 5.98. The van der Waals surface area contributed by atoms with Gasteiger partial charge in [-0.1, -0.05) is 47.8 Å². The Labute approximate surface area is 101 Å². The average Bonchev–Trinajstić information content (AvgIpc) is 2.22. The second-order valence-corrected chi connectivity index (χ2v) is 4.66. The van der Waals surface area contributed by atoms with Crippen LogP contribution in [0.1, 0.15) is 31.4 Å². The van der Waals surface area contributed by atoms with E-state index in [4.69, 9.17) is 0 Å². The second-order valence-electron chi connectivity index (χ2n) is 3.80. The zero-order valence-corrected chi connectivity index (χ0v) is 11.2. The van der Waals surface area contributed by atoms with E-state index in [1.54, 1.807) is 0 Å². The monoisotopic (exact) mass is 264 g/mol. The van der Waals surface area contributed by atoms with Gasteiger partial charge in [0.2, 0.25) is 0 Å². The van der Waals surface area contributed by atoms with Crippen molar-refractivity contribution in [3.8, 4) is 11.8 Å². The highest BCUT2D eigenvalue weighted by molar-refractivity contribution is 9.10. The molecule has 0 saturated heterocycles. The minimum atomic E-state index is 0.443. The van der Waals surface area contributed by atoms with Crippen LogP contribution in [0.2, 0.25) is 0 Å². The van der Waals surface area contributed by atoms with Crippen molar-refractivity contribution >= 4 is 15.9 Å². The maximum Gasteiger partial charge on any atom is 0.0215 e. The quantitative estimate of drug-likeness (QED) is 0.697. The van der Waals surface area contributed by atoms with Crippen LogP contribution in [0.3, 0.4) is 0 Å². The molecule has 1 atom stereocenters. The lowest BCUT2D eigenvalue weighted by atomic mass is 9.98. The molecule has 0 saturated carbocycles. The summed E-state index contributed by atoms with van der Waals surface area (Å²) in [5.41, 5.74) is 2.73. The van der Waals surface area contributed by atoms with E-state index in [0.29, 0.717) is 5.92 Å². The van der Waals surface area contributed by atoms with Crippen LogP contribution in [0, 0.1) is 24.7 Å². The molecule has 0 fully saturated rings. The summed E-state index contributed by atoms with van der Waals surface area (Å²) < 4.78 is 1.19. The van der Waals surface area contributed by atoms with E-state index in [1.807, 2.05) is 0 Å². The minimum Gasteiger partial charge on any atom is -0.103 e. The van der Waals surface area contributed by atoms with E-state index in [1.165, 1.54) is 15.6 Å². The third-order valence-electron chi connectivity index (χ3n) is 2.43. The summed E-state index contributed by atoms with van der Waals surface area (Å²) in [6.45, 7) is 6.42. The molecule has 0 aliphatic rings. The van der Waals surface area contributed by atoms with E-state index in [-0.39, 0.29) is 0 Å². The van der Waals surface area contributed by atoms with Gasteiger partial charge in [0.05, 0.1) is 0 Å². The number of halogens is 1. The molecule has 0 radical (unpaired) electrons. The van der Waals surface area contributed by atoms with Gasteiger partial charge in [0.25, 0.3) is 0 Å². The van der Waals surface area contributed by atoms with Gasteiger partial charge >= 0.3 is 0 Å². The SMILES string of the molecule is CCC#CC(C)Cc1cccc(Br)c1C. The zero-order valence-electron chi connectivity index (χ0n) is 9.60. The third-order valence-corrected chi connectivity index (χ3v) is 3.29. The van der Waals surface area contributed by atoms with E-state index in [9.17, 15) is 0 Å². The first-order chi connectivity index (χ1) is 7.15. The maximum atomic E-state index is 3.55. The largest absolute Gasteiger partial charge is 0.103 e. The van der Waals surface area contributed by atoms with Crippen molar-refractivity contribution in [2.45, 2.75) is 33.6 Å². The Balaban J connectivity index is 2.76. The van der Waals surface area contributed by atoms with Crippen molar-refractivity contribution in [2.24, 2.45) is 5.92 Å². The Hall–Kier alpha value is -0.740. The maximum absolute atomic E-state index is 3.55. The first kappa shape index (κ1) is 12.3. The summed E-state index contributed by atoms with van der Waals surface area (Å²) in [6.07, 6.45) is 1.99. The van der Waals surface area contributed by atoms with Crippen molar-refractivity contribution in [1.29, 1.82) is 0 Å². The Morgan fingerprint density at radius 3 is 2.80 bits per heavy atom. The van der Waals surface area contributed by atoms with Crippen LogP contribution in [0.15, 0.2) is 22.7 Å². The van der Waals surface area contributed by atoms with Crippen molar-refractivity contribution in [1.82, 2.24) is 0 Å². The van der Waals surface area contributed by atoms with Crippen molar-refractivity contribution < 1.29 is 0 Å². The van der Waals surface area contributed by atoms with E-state index in [0.717, 1.165) is 12.8 Å². The minimum absolute atomic E-state index is 0.443. The molecule has 0 amide bonds. The average molecular weight is 265 g/mol. The molecule has 1 rings (SSSR count). The molecule has 0 spiro atoms. The molecular weight excluding hydrogens is 248 g/mol. The fourth-order valence-electron chi connectivity index (χ4n) is 1.53. The van der Waals surface area contributed by atoms with Crippen LogP contribution >= 0.6 is 15.9 Å². The topological polar surface area (TPSA) is 0 Å². The molecule has 0 aromatic heterocycles. The summed E-state index contributed by atoms with van der Waals surface area (Å²) >= 11 is 3.55. The standard InChI is InChI=1S/C14H17Br/c1-4-5-7-11(2)10-13-8-6-9-14(15)12(13)3/h6,8-9,11H,4,10H2,1-3H3. The predicted molar refractivity (Wildman–Crippen MR) is 69.8 cm³/mol. The lowest BCUT2D eigenvalue weighted by Crippen LogP contribution is -1.99. The van der Waals surface area contributed by atoms with Gasteiger partial charge in [-0.15, -0.1) is 5.92 Å². The number of rotatable bonds is 2. The van der Waals surface area contributed by atoms with Crippen LogP contribution in [0.25, 0.3) is 0 Å². The molecule has 1 unspecified atom stereocenters. The van der Waals surface area contributed by atoms with E-state index in [2.05, 4.69) is 66.7 Å². The highest BCUT2D eigenvalue weighted by Gasteiger charge is 2.04. The molecule has 15 heavy (non-hydrogen) atoms. The van der Waals surface area contributed by atoms with Crippen LogP contribution in [-0.4, -0.2) is 0 Å². The fourth-order valence-corrected chi connectivity index (χ4v) is 1.94. The lowest BCUT2D eigenvalue weighted by molar-refractivity contribution is 0.745. The molecule has 1 heteroatoms. The molecule has 1 aromatic rings. The summed E-state index contributed by atoms with van der Waals surface area (Å²) in [4.78, 5) is 0. The predicted octanol–water partition coefficient (Wildman–Crippen LogP) is 4.35. The van der Waals surface area contributed by atoms with Crippen LogP contribution < -0.4 is 0 Å². The highest BCUT2D eigenvalue weighted by Crippen LogP contribution is 2.21. The lowest BCUT2D eigenvalue weighted by Gasteiger charge is -2.09. The Bertz CT molecular complexity index is 382. The first-order valence-electron chi connectivity index (χ1n) is 5.37. The number of hydrogen-bond acceptors (Lipinski definition) is 0. The summed E-state index contributed by atoms with van der Waals surface area (Å²) in [6, 6.07) is 6.36. The van der Waals surface area contributed by atoms with Gasteiger partial charge in [0, 0.05) is 16.8 Å². The van der Waals surface area contributed by atoms with Gasteiger partial charge < -0.3 is 0 Å². The highest BCUT2D eigenvalue weighted by atomic mass is 79.9. The van der Waals surface area contributed by atoms with E-state index >= 15 is 0 Å². The van der Waals surface area contributed by atoms with Crippen LogP contribution in [-0.2, 0) is 6.42 Å². The van der Waals surface area contributed by atoms with Crippen LogP contribution in [0.4, 0.5) is 0 Å². The number of benzene rings is 1. The summed E-state index contributed by atoms with van der Waals surface area (Å²) in [5.74, 6) is 6.85. The molecular formula is C14H17Br. The van der Waals surface area contributed by atoms with Gasteiger partial charge in [0.1, 0.15) is 0 Å². The Kier molecular flexibility index (Phi) is 4.91. The van der Waals surface area contributed by atoms with Crippen molar-refractivity contribution in [3.63, 3.8) is 0 Å². The smallest absolute Gasteiger partial charge is 0.0215 e. The van der Waals surface area contributed by atoms with Gasteiger partial charge in [-0.2, -0.15) is 0 Å². The zero-order chi connectivity index (χ0) is 11.3. The normalized spacial score (nSPS) is 11.7. The third kappa shape index (κ3) is 3.72. The molecule has 0 aliphatic heterocycles. The molecule has 0 N–H and O–H groups in total. The first-order valence-corrected chi connectivity index (χ1v) is 6.16. The van der Waals surface area contributed by atoms with Crippen molar-refractivity contribution in [2.75, 3.05) is 0 Å². The molecule has 0 nitrogen and oxygen atoms in total. The van der Waals surface area contributed by atoms with E-state index < -0.39 is 0 Å². The van der Waals surface area contributed by atoms with Gasteiger partial charge in [-0.05, 0) is 30.5 Å². The molecule has 1 aromatic carbocycles. The van der Waals surface area contributed by atoms with Crippen molar-refractivity contribution in [3.05, 3.63) is 33.8 Å². The Morgan fingerprint density at radius 2 is 2.13 bits per heavy atom.